The van der Waals surface area contributed by atoms with Crippen LogP contribution >= 0.6 is 0 Å². The molecule has 4 aromatic rings. The molecule has 1 N–H and O–H groups in total. The maximum absolute atomic E-state index is 11.1. The monoisotopic (exact) mass is 371 g/mol. The molecule has 0 amide bonds. The maximum Gasteiger partial charge on any atom is 0.146 e. The standard InChI is InChI=1S/C23H21N3O2/c27-23-18(9-7-17-5-3-11-24-21(17)23)22(26-12-14-28-15-13-26)20-10-8-16-4-1-2-6-19(16)25-20/h1-11,22,27H,12-15H2. The molecule has 0 aliphatic carbocycles. The number of pyridine rings is 2. The smallest absolute Gasteiger partial charge is 0.146 e. The molecule has 1 saturated heterocycles. The molecule has 5 nitrogen and oxygen atoms in total. The average molecular weight is 371 g/mol. The Morgan fingerprint density at radius 1 is 0.893 bits per heavy atom. The molecule has 1 atom stereocenters. The quantitative estimate of drug-likeness (QED) is 0.592. The Bertz CT molecular complexity index is 1140. The van der Waals surface area contributed by atoms with Gasteiger partial charge in [-0.2, -0.15) is 0 Å². The zero-order valence-corrected chi connectivity index (χ0v) is 15.5. The molecule has 28 heavy (non-hydrogen) atoms. The van der Waals surface area contributed by atoms with Crippen molar-refractivity contribution in [2.75, 3.05) is 26.3 Å². The van der Waals surface area contributed by atoms with Crippen LogP contribution in [0.5, 0.6) is 5.75 Å². The van der Waals surface area contributed by atoms with Gasteiger partial charge in [-0.3, -0.25) is 14.9 Å². The fraction of sp³-hybridized carbons (Fsp3) is 0.217. The summed E-state index contributed by atoms with van der Waals surface area (Å²) >= 11 is 0. The van der Waals surface area contributed by atoms with Crippen LogP contribution in [0.2, 0.25) is 0 Å². The minimum atomic E-state index is -0.153. The molecule has 0 bridgehead atoms. The lowest BCUT2D eigenvalue weighted by Crippen LogP contribution is -2.39. The van der Waals surface area contributed by atoms with Gasteiger partial charge in [0.05, 0.1) is 30.5 Å². The highest BCUT2D eigenvalue weighted by molar-refractivity contribution is 5.86. The van der Waals surface area contributed by atoms with E-state index in [0.29, 0.717) is 18.7 Å². The van der Waals surface area contributed by atoms with E-state index >= 15 is 0 Å². The largest absolute Gasteiger partial charge is 0.505 e. The molecule has 3 heterocycles. The summed E-state index contributed by atoms with van der Waals surface area (Å²) in [5.74, 6) is 0.226. The van der Waals surface area contributed by atoms with Crippen molar-refractivity contribution in [2.45, 2.75) is 6.04 Å². The zero-order valence-electron chi connectivity index (χ0n) is 15.5. The second-order valence-electron chi connectivity index (χ2n) is 7.06. The number of benzene rings is 2. The lowest BCUT2D eigenvalue weighted by Gasteiger charge is -2.35. The van der Waals surface area contributed by atoms with Gasteiger partial charge in [0.25, 0.3) is 0 Å². The Hall–Kier alpha value is -3.02. The molecule has 5 heteroatoms. The van der Waals surface area contributed by atoms with E-state index in [4.69, 9.17) is 9.72 Å². The minimum Gasteiger partial charge on any atom is -0.505 e. The Kier molecular flexibility index (Phi) is 4.39. The van der Waals surface area contributed by atoms with E-state index in [1.54, 1.807) is 6.20 Å². The third kappa shape index (κ3) is 2.99. The van der Waals surface area contributed by atoms with Crippen LogP contribution in [0.1, 0.15) is 17.3 Å². The first-order valence-corrected chi connectivity index (χ1v) is 9.55. The first-order valence-electron chi connectivity index (χ1n) is 9.55. The summed E-state index contributed by atoms with van der Waals surface area (Å²) in [5.41, 5.74) is 3.33. The van der Waals surface area contributed by atoms with Gasteiger partial charge >= 0.3 is 0 Å². The highest BCUT2D eigenvalue weighted by Gasteiger charge is 2.28. The Balaban J connectivity index is 1.69. The normalized spacial score (nSPS) is 16.4. The maximum atomic E-state index is 11.1. The Morgan fingerprint density at radius 2 is 1.68 bits per heavy atom. The lowest BCUT2D eigenvalue weighted by molar-refractivity contribution is 0.0229. The van der Waals surface area contributed by atoms with E-state index in [2.05, 4.69) is 28.1 Å². The van der Waals surface area contributed by atoms with E-state index in [-0.39, 0.29) is 11.8 Å². The van der Waals surface area contributed by atoms with Gasteiger partial charge in [0.15, 0.2) is 0 Å². The average Bonchev–Trinajstić information content (AvgIpc) is 2.76. The topological polar surface area (TPSA) is 58.5 Å². The number of phenols is 1. The molecule has 0 spiro atoms. The molecule has 1 aliphatic heterocycles. The van der Waals surface area contributed by atoms with Crippen molar-refractivity contribution < 1.29 is 9.84 Å². The van der Waals surface area contributed by atoms with Gasteiger partial charge in [-0.15, -0.1) is 0 Å². The number of phenolic OH excluding ortho intramolecular Hbond substituents is 1. The fourth-order valence-electron chi connectivity index (χ4n) is 3.98. The number of ether oxygens (including phenoxy) is 1. The van der Waals surface area contributed by atoms with Crippen LogP contribution in [0, 0.1) is 0 Å². The Morgan fingerprint density at radius 3 is 2.57 bits per heavy atom. The van der Waals surface area contributed by atoms with Gasteiger partial charge in [-0.25, -0.2) is 0 Å². The van der Waals surface area contributed by atoms with E-state index in [1.165, 1.54) is 0 Å². The third-order valence-corrected chi connectivity index (χ3v) is 5.38. The number of rotatable bonds is 3. The summed E-state index contributed by atoms with van der Waals surface area (Å²) in [6.07, 6.45) is 1.71. The van der Waals surface area contributed by atoms with Crippen LogP contribution < -0.4 is 0 Å². The number of morpholine rings is 1. The van der Waals surface area contributed by atoms with Gasteiger partial charge in [0.1, 0.15) is 11.3 Å². The van der Waals surface area contributed by atoms with Gasteiger partial charge in [0.2, 0.25) is 0 Å². The molecule has 1 unspecified atom stereocenters. The van der Waals surface area contributed by atoms with Crippen molar-refractivity contribution >= 4 is 21.8 Å². The first-order chi connectivity index (χ1) is 13.8. The number of hydrogen-bond donors (Lipinski definition) is 1. The second kappa shape index (κ2) is 7.19. The summed E-state index contributed by atoms with van der Waals surface area (Å²) in [7, 11) is 0. The minimum absolute atomic E-state index is 0.153. The van der Waals surface area contributed by atoms with Gasteiger partial charge in [-0.1, -0.05) is 42.5 Å². The molecule has 0 saturated carbocycles. The van der Waals surface area contributed by atoms with Crippen LogP contribution in [0.15, 0.2) is 66.9 Å². The van der Waals surface area contributed by atoms with Crippen LogP contribution in [0.4, 0.5) is 0 Å². The van der Waals surface area contributed by atoms with E-state index in [9.17, 15) is 5.11 Å². The van der Waals surface area contributed by atoms with Crippen molar-refractivity contribution in [3.8, 4) is 5.75 Å². The number of para-hydroxylation sites is 1. The molecule has 0 radical (unpaired) electrons. The van der Waals surface area contributed by atoms with Crippen LogP contribution in [-0.2, 0) is 4.74 Å². The summed E-state index contributed by atoms with van der Waals surface area (Å²) in [6, 6.07) is 20.0. The van der Waals surface area contributed by atoms with Gasteiger partial charge in [-0.05, 0) is 18.2 Å². The number of hydrogen-bond acceptors (Lipinski definition) is 5. The fourth-order valence-corrected chi connectivity index (χ4v) is 3.98. The SMILES string of the molecule is Oc1c(C(c2ccc3ccccc3n2)N2CCOCC2)ccc2cccnc12. The van der Waals surface area contributed by atoms with Crippen LogP contribution in [0.3, 0.4) is 0 Å². The molecule has 1 fully saturated rings. The molecule has 2 aromatic heterocycles. The summed E-state index contributed by atoms with van der Waals surface area (Å²) in [4.78, 5) is 11.7. The highest BCUT2D eigenvalue weighted by atomic mass is 16.5. The Labute approximate surface area is 163 Å². The van der Waals surface area contributed by atoms with Crippen molar-refractivity contribution in [1.29, 1.82) is 0 Å². The summed E-state index contributed by atoms with van der Waals surface area (Å²) < 4.78 is 5.56. The summed E-state index contributed by atoms with van der Waals surface area (Å²) in [6.45, 7) is 2.94. The number of aromatic hydroxyl groups is 1. The molecular formula is C23H21N3O2. The molecule has 140 valence electrons. The van der Waals surface area contributed by atoms with Crippen LogP contribution in [0.25, 0.3) is 21.8 Å². The van der Waals surface area contributed by atoms with Crippen molar-refractivity contribution in [3.05, 3.63) is 78.1 Å². The highest BCUT2D eigenvalue weighted by Crippen LogP contribution is 2.37. The summed E-state index contributed by atoms with van der Waals surface area (Å²) in [5, 5.41) is 13.1. The van der Waals surface area contributed by atoms with Gasteiger partial charge < -0.3 is 9.84 Å². The molecule has 1 aliphatic rings. The van der Waals surface area contributed by atoms with E-state index in [1.807, 2.05) is 42.5 Å². The van der Waals surface area contributed by atoms with Gasteiger partial charge in [0, 0.05) is 35.6 Å². The molecule has 5 rings (SSSR count). The second-order valence-corrected chi connectivity index (χ2v) is 7.06. The van der Waals surface area contributed by atoms with Crippen LogP contribution in [-0.4, -0.2) is 46.3 Å². The molecule has 2 aromatic carbocycles. The molecular weight excluding hydrogens is 350 g/mol. The zero-order chi connectivity index (χ0) is 18.9. The number of aromatic nitrogens is 2. The van der Waals surface area contributed by atoms with Crippen molar-refractivity contribution in [2.24, 2.45) is 0 Å². The third-order valence-electron chi connectivity index (χ3n) is 5.38. The number of nitrogens with zero attached hydrogens (tertiary/aromatic N) is 3. The van der Waals surface area contributed by atoms with E-state index in [0.717, 1.165) is 40.6 Å². The first kappa shape index (κ1) is 17.1. The number of fused-ring (bicyclic) bond motifs is 2. The predicted molar refractivity (Wildman–Crippen MR) is 109 cm³/mol. The van der Waals surface area contributed by atoms with Crippen molar-refractivity contribution in [1.82, 2.24) is 14.9 Å². The van der Waals surface area contributed by atoms with E-state index < -0.39 is 0 Å². The predicted octanol–water partition coefficient (Wildman–Crippen LogP) is 3.91. The van der Waals surface area contributed by atoms with Crippen molar-refractivity contribution in [3.63, 3.8) is 0 Å². The lowest BCUT2D eigenvalue weighted by atomic mass is 9.97.